The molecule has 1 aliphatic rings. The first-order chi connectivity index (χ1) is 11.1. The highest BCUT2D eigenvalue weighted by atomic mass is 35.5. The van der Waals surface area contributed by atoms with E-state index in [1.165, 1.54) is 6.07 Å². The second-order valence-corrected chi connectivity index (χ2v) is 5.78. The standard InChI is InChI=1S/C19H11ClO3/c20-18-14(22)9-13(21)16-15-11(10-5-2-1-3-6-10)7-4-8-12(15)19(23)17(16)18/h1-9,21-22H. The molecule has 0 bridgehead atoms. The third-order valence-corrected chi connectivity index (χ3v) is 4.48. The quantitative estimate of drug-likeness (QED) is 0.537. The van der Waals surface area contributed by atoms with Gasteiger partial charge < -0.3 is 10.2 Å². The van der Waals surface area contributed by atoms with Crippen LogP contribution in [0.5, 0.6) is 11.5 Å². The van der Waals surface area contributed by atoms with Gasteiger partial charge in [-0.1, -0.05) is 60.1 Å². The van der Waals surface area contributed by atoms with Crippen LogP contribution in [0.3, 0.4) is 0 Å². The Bertz CT molecular complexity index is 962. The highest BCUT2D eigenvalue weighted by Crippen LogP contribution is 2.51. The predicted octanol–water partition coefficient (Wildman–Crippen LogP) is 4.63. The van der Waals surface area contributed by atoms with E-state index in [0.29, 0.717) is 16.7 Å². The Balaban J connectivity index is 2.12. The zero-order valence-corrected chi connectivity index (χ0v) is 12.6. The van der Waals surface area contributed by atoms with Gasteiger partial charge in [0.15, 0.2) is 5.78 Å². The van der Waals surface area contributed by atoms with Gasteiger partial charge in [0.1, 0.15) is 11.5 Å². The van der Waals surface area contributed by atoms with Gasteiger partial charge in [0.05, 0.1) is 10.6 Å². The van der Waals surface area contributed by atoms with Gasteiger partial charge in [-0.2, -0.15) is 0 Å². The average Bonchev–Trinajstić information content (AvgIpc) is 2.87. The van der Waals surface area contributed by atoms with Crippen molar-refractivity contribution in [3.8, 4) is 33.8 Å². The van der Waals surface area contributed by atoms with Crippen LogP contribution in [0, 0.1) is 0 Å². The number of fused-ring (bicyclic) bond motifs is 3. The normalized spacial score (nSPS) is 12.1. The van der Waals surface area contributed by atoms with Crippen molar-refractivity contribution in [1.82, 2.24) is 0 Å². The Kier molecular flexibility index (Phi) is 2.93. The first kappa shape index (κ1) is 13.9. The van der Waals surface area contributed by atoms with E-state index in [4.69, 9.17) is 11.6 Å². The summed E-state index contributed by atoms with van der Waals surface area (Å²) in [5, 5.41) is 20.1. The topological polar surface area (TPSA) is 57.5 Å². The summed E-state index contributed by atoms with van der Waals surface area (Å²) in [6, 6.07) is 16.2. The molecule has 0 saturated carbocycles. The number of halogens is 1. The molecule has 3 nitrogen and oxygen atoms in total. The lowest BCUT2D eigenvalue weighted by Crippen LogP contribution is -1.96. The van der Waals surface area contributed by atoms with E-state index in [1.54, 1.807) is 12.1 Å². The second-order valence-electron chi connectivity index (χ2n) is 5.40. The van der Waals surface area contributed by atoms with Gasteiger partial charge in [-0.05, 0) is 11.1 Å². The van der Waals surface area contributed by atoms with Crippen LogP contribution in [0.4, 0.5) is 0 Å². The number of carbonyl (C=O) groups is 1. The molecule has 3 aromatic rings. The van der Waals surface area contributed by atoms with Crippen LogP contribution >= 0.6 is 11.6 Å². The SMILES string of the molecule is O=C1c2cccc(-c3ccccc3)c2-c2c(O)cc(O)c(Cl)c21. The first-order valence-corrected chi connectivity index (χ1v) is 7.45. The van der Waals surface area contributed by atoms with Crippen molar-refractivity contribution in [3.05, 3.63) is 70.7 Å². The van der Waals surface area contributed by atoms with E-state index in [-0.39, 0.29) is 27.9 Å². The number of carbonyl (C=O) groups excluding carboxylic acids is 1. The van der Waals surface area contributed by atoms with E-state index >= 15 is 0 Å². The third-order valence-electron chi connectivity index (χ3n) is 4.09. The fourth-order valence-corrected chi connectivity index (χ4v) is 3.34. The molecule has 0 amide bonds. The van der Waals surface area contributed by atoms with Crippen molar-refractivity contribution in [1.29, 1.82) is 0 Å². The Morgan fingerprint density at radius 2 is 1.43 bits per heavy atom. The van der Waals surface area contributed by atoms with Crippen LogP contribution in [0.1, 0.15) is 15.9 Å². The van der Waals surface area contributed by atoms with Gasteiger partial charge in [0, 0.05) is 22.8 Å². The largest absolute Gasteiger partial charge is 0.507 e. The highest BCUT2D eigenvalue weighted by Gasteiger charge is 2.34. The smallest absolute Gasteiger partial charge is 0.196 e. The summed E-state index contributed by atoms with van der Waals surface area (Å²) in [4.78, 5) is 12.7. The molecule has 0 spiro atoms. The molecule has 0 aromatic heterocycles. The number of ketones is 1. The zero-order chi connectivity index (χ0) is 16.1. The van der Waals surface area contributed by atoms with E-state index in [1.807, 2.05) is 36.4 Å². The van der Waals surface area contributed by atoms with E-state index in [2.05, 4.69) is 0 Å². The molecule has 0 unspecified atom stereocenters. The predicted molar refractivity (Wildman–Crippen MR) is 89.1 cm³/mol. The second kappa shape index (κ2) is 4.86. The molecule has 2 N–H and O–H groups in total. The zero-order valence-electron chi connectivity index (χ0n) is 11.9. The number of phenolic OH excluding ortho intramolecular Hbond substituents is 2. The molecule has 0 heterocycles. The van der Waals surface area contributed by atoms with Gasteiger partial charge in [-0.25, -0.2) is 0 Å². The number of hydrogen-bond acceptors (Lipinski definition) is 3. The number of benzene rings is 3. The van der Waals surface area contributed by atoms with Crippen molar-refractivity contribution >= 4 is 17.4 Å². The van der Waals surface area contributed by atoms with Crippen LogP contribution in [0.2, 0.25) is 5.02 Å². The lowest BCUT2D eigenvalue weighted by Gasteiger charge is -2.11. The van der Waals surface area contributed by atoms with Crippen molar-refractivity contribution in [2.24, 2.45) is 0 Å². The van der Waals surface area contributed by atoms with Crippen LogP contribution in [-0.4, -0.2) is 16.0 Å². The molecule has 4 rings (SSSR count). The summed E-state index contributed by atoms with van der Waals surface area (Å²) >= 11 is 6.11. The minimum absolute atomic E-state index is 0.0296. The molecule has 112 valence electrons. The summed E-state index contributed by atoms with van der Waals surface area (Å²) in [5.41, 5.74) is 3.44. The molecular formula is C19H11ClO3. The van der Waals surface area contributed by atoms with Crippen molar-refractivity contribution < 1.29 is 15.0 Å². The Hall–Kier alpha value is -2.78. The molecule has 0 atom stereocenters. The third kappa shape index (κ3) is 1.87. The van der Waals surface area contributed by atoms with Crippen LogP contribution in [0.15, 0.2) is 54.6 Å². The van der Waals surface area contributed by atoms with E-state index in [0.717, 1.165) is 11.1 Å². The summed E-state index contributed by atoms with van der Waals surface area (Å²) in [6.07, 6.45) is 0. The van der Waals surface area contributed by atoms with Gasteiger partial charge >= 0.3 is 0 Å². The molecule has 1 aliphatic carbocycles. The van der Waals surface area contributed by atoms with Gasteiger partial charge in [0.2, 0.25) is 0 Å². The van der Waals surface area contributed by atoms with Gasteiger partial charge in [0.25, 0.3) is 0 Å². The van der Waals surface area contributed by atoms with E-state index in [9.17, 15) is 15.0 Å². The molecule has 4 heteroatoms. The van der Waals surface area contributed by atoms with Crippen molar-refractivity contribution in [2.75, 3.05) is 0 Å². The van der Waals surface area contributed by atoms with Gasteiger partial charge in [-0.15, -0.1) is 0 Å². The number of aromatic hydroxyl groups is 2. The molecule has 3 aromatic carbocycles. The Morgan fingerprint density at radius 1 is 0.739 bits per heavy atom. The maximum Gasteiger partial charge on any atom is 0.196 e. The van der Waals surface area contributed by atoms with Crippen molar-refractivity contribution in [3.63, 3.8) is 0 Å². The fourth-order valence-electron chi connectivity index (χ4n) is 3.10. The molecule has 23 heavy (non-hydrogen) atoms. The monoisotopic (exact) mass is 322 g/mol. The van der Waals surface area contributed by atoms with Crippen LogP contribution < -0.4 is 0 Å². The minimum atomic E-state index is -0.301. The number of rotatable bonds is 1. The maximum atomic E-state index is 12.7. The van der Waals surface area contributed by atoms with Crippen LogP contribution in [0.25, 0.3) is 22.3 Å². The molecular weight excluding hydrogens is 312 g/mol. The Morgan fingerprint density at radius 3 is 2.17 bits per heavy atom. The van der Waals surface area contributed by atoms with Gasteiger partial charge in [-0.3, -0.25) is 4.79 Å². The first-order valence-electron chi connectivity index (χ1n) is 7.07. The Labute approximate surface area is 137 Å². The summed E-state index contributed by atoms with van der Waals surface area (Å²) in [5.74, 6) is -0.744. The lowest BCUT2D eigenvalue weighted by atomic mass is 9.94. The molecule has 0 fully saturated rings. The molecule has 0 saturated heterocycles. The molecule has 0 radical (unpaired) electrons. The number of phenols is 2. The number of hydrogen-bond donors (Lipinski definition) is 2. The maximum absolute atomic E-state index is 12.7. The minimum Gasteiger partial charge on any atom is -0.507 e. The average molecular weight is 323 g/mol. The lowest BCUT2D eigenvalue weighted by molar-refractivity contribution is 0.104. The summed E-state index contributed by atoms with van der Waals surface area (Å²) in [6.45, 7) is 0. The fraction of sp³-hybridized carbons (Fsp3) is 0. The van der Waals surface area contributed by atoms with Crippen molar-refractivity contribution in [2.45, 2.75) is 0 Å². The highest BCUT2D eigenvalue weighted by molar-refractivity contribution is 6.40. The molecule has 0 aliphatic heterocycles. The summed E-state index contributed by atoms with van der Waals surface area (Å²) < 4.78 is 0. The van der Waals surface area contributed by atoms with Crippen LogP contribution in [-0.2, 0) is 0 Å². The summed E-state index contributed by atoms with van der Waals surface area (Å²) in [7, 11) is 0. The van der Waals surface area contributed by atoms with E-state index < -0.39 is 0 Å².